The molecule has 5 rings (SSSR count). The van der Waals surface area contributed by atoms with Crippen LogP contribution >= 0.6 is 0 Å². The molecule has 2 aliphatic heterocycles. The molecule has 0 spiro atoms. The predicted octanol–water partition coefficient (Wildman–Crippen LogP) is 3.76. The number of hydrogen-bond acceptors (Lipinski definition) is 6. The van der Waals surface area contributed by atoms with Crippen molar-refractivity contribution in [3.63, 3.8) is 0 Å². The average molecular weight is 517 g/mol. The van der Waals surface area contributed by atoms with Crippen molar-refractivity contribution in [3.05, 3.63) is 65.0 Å². The maximum atomic E-state index is 13.7. The Labute approximate surface area is 221 Å². The summed E-state index contributed by atoms with van der Waals surface area (Å²) in [4.78, 5) is 38.8. The molecule has 38 heavy (non-hydrogen) atoms. The third-order valence-electron chi connectivity index (χ3n) is 7.16. The van der Waals surface area contributed by atoms with E-state index in [9.17, 15) is 14.4 Å². The Kier molecular flexibility index (Phi) is 6.60. The van der Waals surface area contributed by atoms with E-state index in [4.69, 9.17) is 15.2 Å². The van der Waals surface area contributed by atoms with E-state index in [1.807, 2.05) is 18.2 Å². The molecule has 0 saturated heterocycles. The molecule has 0 radical (unpaired) electrons. The zero-order chi connectivity index (χ0) is 27.1. The molecule has 9 nitrogen and oxygen atoms in total. The van der Waals surface area contributed by atoms with E-state index in [1.54, 1.807) is 12.1 Å². The van der Waals surface area contributed by atoms with Crippen LogP contribution in [0.5, 0.6) is 11.5 Å². The van der Waals surface area contributed by atoms with Crippen LogP contribution in [0, 0.1) is 5.92 Å². The van der Waals surface area contributed by atoms with Crippen LogP contribution in [-0.2, 0) is 20.9 Å². The molecule has 3 heterocycles. The third kappa shape index (κ3) is 4.38. The maximum Gasteiger partial charge on any atom is 0.259 e. The Balaban J connectivity index is 1.73. The lowest BCUT2D eigenvalue weighted by molar-refractivity contribution is -0.139. The van der Waals surface area contributed by atoms with Gasteiger partial charge < -0.3 is 25.1 Å². The number of benzene rings is 2. The van der Waals surface area contributed by atoms with Crippen molar-refractivity contribution in [3.8, 4) is 11.5 Å². The first kappa shape index (κ1) is 25.4. The van der Waals surface area contributed by atoms with Gasteiger partial charge in [0, 0.05) is 42.4 Å². The van der Waals surface area contributed by atoms with Gasteiger partial charge in [-0.1, -0.05) is 26.0 Å². The molecule has 0 saturated carbocycles. The predicted molar refractivity (Wildman–Crippen MR) is 144 cm³/mol. The zero-order valence-electron chi connectivity index (χ0n) is 22.0. The van der Waals surface area contributed by atoms with E-state index in [-0.39, 0.29) is 25.0 Å². The van der Waals surface area contributed by atoms with Crippen molar-refractivity contribution in [1.82, 2.24) is 9.47 Å². The highest BCUT2D eigenvalue weighted by atomic mass is 16.5. The molecule has 3 aromatic rings. The van der Waals surface area contributed by atoms with Gasteiger partial charge in [-0.25, -0.2) is 0 Å². The number of carbonyl (C=O) groups excluding carboxylic acids is 3. The second kappa shape index (κ2) is 9.89. The fourth-order valence-electron chi connectivity index (χ4n) is 5.34. The highest BCUT2D eigenvalue weighted by Gasteiger charge is 2.41. The first-order valence-corrected chi connectivity index (χ1v) is 12.7. The topological polar surface area (TPSA) is 116 Å². The fourth-order valence-corrected chi connectivity index (χ4v) is 5.34. The molecule has 0 aliphatic carbocycles. The number of hydrogen-bond donors (Lipinski definition) is 2. The van der Waals surface area contributed by atoms with Gasteiger partial charge in [-0.15, -0.1) is 0 Å². The van der Waals surface area contributed by atoms with Gasteiger partial charge >= 0.3 is 0 Å². The van der Waals surface area contributed by atoms with Crippen molar-refractivity contribution in [2.45, 2.75) is 39.7 Å². The lowest BCUT2D eigenvalue weighted by Crippen LogP contribution is -2.33. The number of rotatable bonds is 8. The van der Waals surface area contributed by atoms with Gasteiger partial charge in [0.2, 0.25) is 5.91 Å². The highest BCUT2D eigenvalue weighted by Crippen LogP contribution is 2.47. The lowest BCUT2D eigenvalue weighted by atomic mass is 9.84. The van der Waals surface area contributed by atoms with Gasteiger partial charge in [0.15, 0.2) is 18.1 Å². The molecule has 3 amide bonds. The maximum absolute atomic E-state index is 13.7. The number of nitrogens with two attached hydrogens (primary N) is 1. The van der Waals surface area contributed by atoms with E-state index in [2.05, 4.69) is 36.0 Å². The zero-order valence-corrected chi connectivity index (χ0v) is 22.0. The second-order valence-corrected chi connectivity index (χ2v) is 10.2. The van der Waals surface area contributed by atoms with Crippen LogP contribution in [0.25, 0.3) is 10.9 Å². The minimum Gasteiger partial charge on any atom is -0.493 e. The summed E-state index contributed by atoms with van der Waals surface area (Å²) < 4.78 is 13.4. The number of primary amides is 1. The summed E-state index contributed by atoms with van der Waals surface area (Å²) in [5.74, 6) is -0.403. The largest absolute Gasteiger partial charge is 0.493 e. The number of nitrogens with zero attached hydrogens (tertiary/aromatic N) is 2. The molecule has 198 valence electrons. The van der Waals surface area contributed by atoms with E-state index in [0.29, 0.717) is 28.7 Å². The van der Waals surface area contributed by atoms with Gasteiger partial charge in [0.25, 0.3) is 11.8 Å². The van der Waals surface area contributed by atoms with Crippen molar-refractivity contribution in [2.24, 2.45) is 11.7 Å². The minimum absolute atomic E-state index is 0.176. The van der Waals surface area contributed by atoms with E-state index < -0.39 is 11.8 Å². The normalized spacial score (nSPS) is 16.5. The summed E-state index contributed by atoms with van der Waals surface area (Å²) >= 11 is 0. The number of ether oxygens (including phenoxy) is 2. The van der Waals surface area contributed by atoms with Crippen molar-refractivity contribution in [1.29, 1.82) is 0 Å². The molecule has 2 aromatic carbocycles. The van der Waals surface area contributed by atoms with Crippen LogP contribution in [0.1, 0.15) is 44.2 Å². The van der Waals surface area contributed by atoms with E-state index >= 15 is 0 Å². The number of methoxy groups -OCH3 is 1. The van der Waals surface area contributed by atoms with Gasteiger partial charge in [0.1, 0.15) is 0 Å². The van der Waals surface area contributed by atoms with Gasteiger partial charge in [-0.3, -0.25) is 19.3 Å². The third-order valence-corrected chi connectivity index (χ3v) is 7.16. The summed E-state index contributed by atoms with van der Waals surface area (Å²) in [6.45, 7) is 6.49. The molecule has 3 N–H and O–H groups in total. The molecular weight excluding hydrogens is 484 g/mol. The Bertz CT molecular complexity index is 1490. The number of aromatic nitrogens is 1. The SMILES string of the molecule is COc1ccc([C@H]2C3=C(CN(C(C)=O)C3=O)Nc3cccc4c3c2cn4CCC(C)C)cc1OCC(N)=O. The van der Waals surface area contributed by atoms with Crippen molar-refractivity contribution < 1.29 is 23.9 Å². The summed E-state index contributed by atoms with van der Waals surface area (Å²) in [6.07, 6.45) is 3.13. The molecule has 1 aromatic heterocycles. The summed E-state index contributed by atoms with van der Waals surface area (Å²) in [6, 6.07) is 11.5. The Hall–Kier alpha value is -4.27. The minimum atomic E-state index is -0.609. The highest BCUT2D eigenvalue weighted by molar-refractivity contribution is 6.11. The van der Waals surface area contributed by atoms with E-state index in [1.165, 1.54) is 18.9 Å². The Morgan fingerprint density at radius 1 is 1.18 bits per heavy atom. The smallest absolute Gasteiger partial charge is 0.259 e. The molecule has 0 unspecified atom stereocenters. The first-order chi connectivity index (χ1) is 18.2. The fraction of sp³-hybridized carbons (Fsp3) is 0.345. The quantitative estimate of drug-likeness (QED) is 0.471. The molecule has 0 fully saturated rings. The standard InChI is InChI=1S/C29H32N4O5/c1-16(2)10-11-32-13-19-26(18-8-9-23(37-4)24(12-18)38-15-25(30)35)28-21(14-33(17(3)34)29(28)36)31-20-6-5-7-22(32)27(19)20/h5-9,12-13,16,26,31H,10-11,14-15H2,1-4H3,(H2,30,35)/t26-/m1/s1. The second-order valence-electron chi connectivity index (χ2n) is 10.2. The van der Waals surface area contributed by atoms with Crippen LogP contribution in [0.15, 0.2) is 53.9 Å². The molecule has 0 bridgehead atoms. The number of anilines is 1. The molecular formula is C29H32N4O5. The van der Waals surface area contributed by atoms with Gasteiger partial charge in [0.05, 0.1) is 24.7 Å². The summed E-state index contributed by atoms with van der Waals surface area (Å²) in [5, 5.41) is 4.53. The van der Waals surface area contributed by atoms with Crippen LogP contribution in [0.4, 0.5) is 5.69 Å². The number of amides is 3. The van der Waals surface area contributed by atoms with Gasteiger partial charge in [-0.05, 0) is 47.7 Å². The Morgan fingerprint density at radius 2 is 1.97 bits per heavy atom. The summed E-state index contributed by atoms with van der Waals surface area (Å²) in [5.41, 5.74) is 10.2. The van der Waals surface area contributed by atoms with Gasteiger partial charge in [-0.2, -0.15) is 0 Å². The number of nitrogens with one attached hydrogen (secondary N) is 1. The lowest BCUT2D eigenvalue weighted by Gasteiger charge is -2.21. The van der Waals surface area contributed by atoms with Crippen LogP contribution < -0.4 is 20.5 Å². The number of aryl methyl sites for hydroxylation is 1. The van der Waals surface area contributed by atoms with Crippen molar-refractivity contribution in [2.75, 3.05) is 25.6 Å². The van der Waals surface area contributed by atoms with Crippen LogP contribution in [-0.4, -0.2) is 47.4 Å². The molecule has 1 atom stereocenters. The molecule has 2 aliphatic rings. The van der Waals surface area contributed by atoms with Crippen LogP contribution in [0.2, 0.25) is 0 Å². The Morgan fingerprint density at radius 3 is 2.66 bits per heavy atom. The number of carbonyl (C=O) groups is 3. The average Bonchev–Trinajstić information content (AvgIpc) is 3.36. The monoisotopic (exact) mass is 516 g/mol. The van der Waals surface area contributed by atoms with Crippen molar-refractivity contribution >= 4 is 34.3 Å². The molecule has 9 heteroatoms. The summed E-state index contributed by atoms with van der Waals surface area (Å²) in [7, 11) is 1.52. The van der Waals surface area contributed by atoms with Crippen LogP contribution in [0.3, 0.4) is 0 Å². The first-order valence-electron chi connectivity index (χ1n) is 12.7. The van der Waals surface area contributed by atoms with E-state index in [0.717, 1.165) is 40.7 Å². The number of imide groups is 1.